The SMILES string of the molecule is CCN1C[C@H](C)CN(c2ccc3c(C#N)nccc3c2)S1(O)O. The molecular formula is C16H20N4O2S. The minimum atomic E-state index is -3.00. The average Bonchev–Trinajstić information content (AvgIpc) is 2.55. The second kappa shape index (κ2) is 5.98. The van der Waals surface area contributed by atoms with Crippen molar-refractivity contribution in [2.45, 2.75) is 13.8 Å². The number of hydrogen-bond donors (Lipinski definition) is 2. The van der Waals surface area contributed by atoms with E-state index in [0.29, 0.717) is 31.2 Å². The molecule has 1 atom stereocenters. The van der Waals surface area contributed by atoms with Crippen molar-refractivity contribution in [2.24, 2.45) is 5.92 Å². The van der Waals surface area contributed by atoms with Gasteiger partial charge in [-0.1, -0.05) is 24.8 Å². The number of rotatable bonds is 2. The summed E-state index contributed by atoms with van der Waals surface area (Å²) in [6, 6.07) is 9.44. The fourth-order valence-corrected chi connectivity index (χ4v) is 4.92. The first-order valence-electron chi connectivity index (χ1n) is 7.57. The molecule has 2 aromatic rings. The number of anilines is 1. The molecule has 1 aromatic carbocycles. The Bertz CT molecular complexity index is 774. The molecule has 1 aliphatic heterocycles. The molecule has 0 bridgehead atoms. The Labute approximate surface area is 137 Å². The quantitative estimate of drug-likeness (QED) is 0.876. The molecule has 1 aromatic heterocycles. The molecule has 0 spiro atoms. The van der Waals surface area contributed by atoms with Crippen molar-refractivity contribution in [2.75, 3.05) is 23.9 Å². The smallest absolute Gasteiger partial charge is 0.148 e. The maximum Gasteiger partial charge on any atom is 0.148 e. The fraction of sp³-hybridized carbons (Fsp3) is 0.375. The molecule has 0 unspecified atom stereocenters. The minimum absolute atomic E-state index is 0.331. The predicted octanol–water partition coefficient (Wildman–Crippen LogP) is 3.47. The molecule has 1 aliphatic rings. The van der Waals surface area contributed by atoms with E-state index in [1.807, 2.05) is 31.2 Å². The Morgan fingerprint density at radius 3 is 2.83 bits per heavy atom. The van der Waals surface area contributed by atoms with Gasteiger partial charge in [0.2, 0.25) is 0 Å². The highest BCUT2D eigenvalue weighted by atomic mass is 32.3. The number of pyridine rings is 1. The Kier molecular flexibility index (Phi) is 4.17. The Hall–Kier alpha value is -1.85. The number of hydrogen-bond acceptors (Lipinski definition) is 6. The number of nitriles is 1. The van der Waals surface area contributed by atoms with Crippen molar-refractivity contribution in [3.63, 3.8) is 0 Å². The third-order valence-corrected chi connectivity index (χ3v) is 6.18. The lowest BCUT2D eigenvalue weighted by Crippen LogP contribution is -2.49. The normalized spacial score (nSPS) is 22.7. The number of nitrogens with zero attached hydrogens (tertiary/aromatic N) is 4. The molecule has 1 saturated heterocycles. The zero-order valence-electron chi connectivity index (χ0n) is 13.2. The summed E-state index contributed by atoms with van der Waals surface area (Å²) < 4.78 is 24.7. The highest BCUT2D eigenvalue weighted by Crippen LogP contribution is 2.52. The predicted molar refractivity (Wildman–Crippen MR) is 93.1 cm³/mol. The summed E-state index contributed by atoms with van der Waals surface area (Å²) in [4.78, 5) is 4.06. The van der Waals surface area contributed by atoms with Gasteiger partial charge in [-0.25, -0.2) is 4.98 Å². The molecule has 0 aliphatic carbocycles. The van der Waals surface area contributed by atoms with E-state index in [9.17, 15) is 9.11 Å². The van der Waals surface area contributed by atoms with Gasteiger partial charge in [-0.2, -0.15) is 9.57 Å². The molecule has 7 heteroatoms. The van der Waals surface area contributed by atoms with Gasteiger partial charge in [0.1, 0.15) is 11.8 Å². The zero-order valence-corrected chi connectivity index (χ0v) is 14.0. The van der Waals surface area contributed by atoms with Crippen LogP contribution in [0.15, 0.2) is 30.5 Å². The van der Waals surface area contributed by atoms with E-state index in [1.165, 1.54) is 0 Å². The topological polar surface area (TPSA) is 83.6 Å². The highest BCUT2D eigenvalue weighted by molar-refractivity contribution is 8.23. The Morgan fingerprint density at radius 2 is 2.13 bits per heavy atom. The lowest BCUT2D eigenvalue weighted by Gasteiger charge is -2.55. The van der Waals surface area contributed by atoms with E-state index in [0.717, 1.165) is 16.5 Å². The van der Waals surface area contributed by atoms with Crippen molar-refractivity contribution in [1.29, 1.82) is 5.26 Å². The second-order valence-electron chi connectivity index (χ2n) is 5.81. The van der Waals surface area contributed by atoms with Crippen molar-refractivity contribution in [3.05, 3.63) is 36.2 Å². The van der Waals surface area contributed by atoms with Crippen LogP contribution >= 0.6 is 11.0 Å². The van der Waals surface area contributed by atoms with Crippen LogP contribution in [0.1, 0.15) is 19.5 Å². The number of aromatic nitrogens is 1. The molecule has 122 valence electrons. The zero-order chi connectivity index (χ0) is 16.6. The molecule has 2 N–H and O–H groups in total. The van der Waals surface area contributed by atoms with Gasteiger partial charge in [0.05, 0.1) is 5.69 Å². The highest BCUT2D eigenvalue weighted by Gasteiger charge is 2.36. The van der Waals surface area contributed by atoms with Crippen LogP contribution in [0.4, 0.5) is 5.69 Å². The molecule has 1 fully saturated rings. The van der Waals surface area contributed by atoms with E-state index in [2.05, 4.69) is 18.0 Å². The van der Waals surface area contributed by atoms with Crippen molar-refractivity contribution >= 4 is 27.4 Å². The van der Waals surface area contributed by atoms with Gasteiger partial charge in [-0.15, -0.1) is 0 Å². The molecule has 6 nitrogen and oxygen atoms in total. The third-order valence-electron chi connectivity index (χ3n) is 4.13. The largest absolute Gasteiger partial charge is 0.268 e. The first kappa shape index (κ1) is 16.0. The third kappa shape index (κ3) is 2.75. The van der Waals surface area contributed by atoms with Gasteiger partial charge in [-0.3, -0.25) is 13.4 Å². The van der Waals surface area contributed by atoms with Gasteiger partial charge in [-0.05, 0) is 35.6 Å². The van der Waals surface area contributed by atoms with Crippen LogP contribution in [0.2, 0.25) is 0 Å². The average molecular weight is 332 g/mol. The summed E-state index contributed by atoms with van der Waals surface area (Å²) in [5.74, 6) is 0.331. The summed E-state index contributed by atoms with van der Waals surface area (Å²) in [6.45, 7) is 5.87. The van der Waals surface area contributed by atoms with Crippen LogP contribution in [-0.4, -0.2) is 38.0 Å². The van der Waals surface area contributed by atoms with Gasteiger partial charge in [0.15, 0.2) is 0 Å². The lowest BCUT2D eigenvalue weighted by atomic mass is 10.1. The lowest BCUT2D eigenvalue weighted by molar-refractivity contribution is 0.295. The maximum atomic E-state index is 10.7. The summed E-state index contributed by atoms with van der Waals surface area (Å²) in [6.07, 6.45) is 1.60. The molecular weight excluding hydrogens is 312 g/mol. The van der Waals surface area contributed by atoms with Gasteiger partial charge in [0, 0.05) is 31.2 Å². The Morgan fingerprint density at radius 1 is 1.35 bits per heavy atom. The summed E-state index contributed by atoms with van der Waals surface area (Å²) in [5, 5.41) is 10.8. The minimum Gasteiger partial charge on any atom is -0.268 e. The van der Waals surface area contributed by atoms with E-state index >= 15 is 0 Å². The Balaban J connectivity index is 2.07. The van der Waals surface area contributed by atoms with Crippen LogP contribution < -0.4 is 4.31 Å². The molecule has 0 radical (unpaired) electrons. The standard InChI is InChI=1S/C16H20N4O2S/c1-3-19-10-12(2)11-20(23(19,21)22)14-4-5-15-13(8-14)6-7-18-16(15)9-17/h4-8,12,21-22H,3,10-11H2,1-2H3/t12-/m0/s1. The second-order valence-corrected chi connectivity index (χ2v) is 7.75. The number of benzene rings is 1. The molecule has 2 heterocycles. The molecule has 23 heavy (non-hydrogen) atoms. The first-order chi connectivity index (χ1) is 11.0. The summed E-state index contributed by atoms with van der Waals surface area (Å²) in [7, 11) is -3.00. The monoisotopic (exact) mass is 332 g/mol. The van der Waals surface area contributed by atoms with Gasteiger partial charge < -0.3 is 0 Å². The first-order valence-corrected chi connectivity index (χ1v) is 9.03. The summed E-state index contributed by atoms with van der Waals surface area (Å²) in [5.41, 5.74) is 1.13. The van der Waals surface area contributed by atoms with Crippen LogP contribution in [0.25, 0.3) is 10.8 Å². The summed E-state index contributed by atoms with van der Waals surface area (Å²) >= 11 is 0. The van der Waals surface area contributed by atoms with E-state index < -0.39 is 11.0 Å². The van der Waals surface area contributed by atoms with Gasteiger partial charge in [0.25, 0.3) is 0 Å². The molecule has 3 rings (SSSR count). The van der Waals surface area contributed by atoms with E-state index in [1.54, 1.807) is 14.8 Å². The fourth-order valence-electron chi connectivity index (χ4n) is 2.99. The van der Waals surface area contributed by atoms with Crippen LogP contribution in [0.3, 0.4) is 0 Å². The van der Waals surface area contributed by atoms with Crippen LogP contribution in [0.5, 0.6) is 0 Å². The van der Waals surface area contributed by atoms with Crippen molar-refractivity contribution in [1.82, 2.24) is 9.29 Å². The van der Waals surface area contributed by atoms with Crippen molar-refractivity contribution in [3.8, 4) is 6.07 Å². The van der Waals surface area contributed by atoms with Crippen LogP contribution in [-0.2, 0) is 0 Å². The van der Waals surface area contributed by atoms with Crippen molar-refractivity contribution < 1.29 is 9.11 Å². The van der Waals surface area contributed by atoms with Gasteiger partial charge >= 0.3 is 0 Å². The van der Waals surface area contributed by atoms with E-state index in [4.69, 9.17) is 5.26 Å². The molecule has 0 amide bonds. The maximum absolute atomic E-state index is 10.7. The molecule has 0 saturated carbocycles. The van der Waals surface area contributed by atoms with Crippen LogP contribution in [0, 0.1) is 17.2 Å². The number of fused-ring (bicyclic) bond motifs is 1. The van der Waals surface area contributed by atoms with E-state index in [-0.39, 0.29) is 0 Å².